The zero-order chi connectivity index (χ0) is 26.4. The van der Waals surface area contributed by atoms with Crippen molar-refractivity contribution in [2.45, 2.75) is 37.3 Å². The molecular formula is C31H32N4O4. The molecule has 3 unspecified atom stereocenters. The number of ether oxygens (including phenoxy) is 2. The lowest BCUT2D eigenvalue weighted by Crippen LogP contribution is -2.45. The summed E-state index contributed by atoms with van der Waals surface area (Å²) in [6.45, 7) is 3.43. The predicted molar refractivity (Wildman–Crippen MR) is 147 cm³/mol. The van der Waals surface area contributed by atoms with Crippen molar-refractivity contribution >= 4 is 28.6 Å². The van der Waals surface area contributed by atoms with Crippen LogP contribution >= 0.6 is 0 Å². The van der Waals surface area contributed by atoms with Gasteiger partial charge in [0.1, 0.15) is 11.9 Å². The maximum atomic E-state index is 13.8. The fourth-order valence-electron chi connectivity index (χ4n) is 6.33. The van der Waals surface area contributed by atoms with Gasteiger partial charge in [0.2, 0.25) is 0 Å². The molecule has 1 aromatic heterocycles. The Morgan fingerprint density at radius 2 is 1.87 bits per heavy atom. The van der Waals surface area contributed by atoms with Crippen molar-refractivity contribution in [2.24, 2.45) is 10.9 Å². The number of carbonyl (C=O) groups is 2. The number of hydrogen-bond donors (Lipinski definition) is 0. The largest absolute Gasteiger partial charge is 0.378 e. The van der Waals surface area contributed by atoms with Crippen LogP contribution in [0.5, 0.6) is 0 Å². The summed E-state index contributed by atoms with van der Waals surface area (Å²) in [5.41, 5.74) is 3.23. The van der Waals surface area contributed by atoms with Crippen LogP contribution in [-0.4, -0.2) is 83.5 Å². The molecule has 3 atom stereocenters. The highest BCUT2D eigenvalue weighted by molar-refractivity contribution is 6.15. The van der Waals surface area contributed by atoms with E-state index in [2.05, 4.69) is 41.4 Å². The minimum atomic E-state index is -0.830. The number of hydrogen-bond acceptors (Lipinski definition) is 6. The predicted octanol–water partition coefficient (Wildman–Crippen LogP) is 3.68. The van der Waals surface area contributed by atoms with Gasteiger partial charge in [-0.05, 0) is 48.4 Å². The lowest BCUT2D eigenvalue weighted by atomic mass is 9.98. The monoisotopic (exact) mass is 524 g/mol. The Balaban J connectivity index is 1.12. The van der Waals surface area contributed by atoms with E-state index in [-0.39, 0.29) is 23.8 Å². The Morgan fingerprint density at radius 1 is 1.03 bits per heavy atom. The standard InChI is InChI=1S/C31H32N4O4/c36-29(27-4-2-15-39-27)34-14-11-21(18-34)19-35-28(33-31(30(35)37)12-16-38-20-31)24-8-5-22(6-9-24)25-10-7-23-3-1-13-32-26(23)17-25/h1,3,5-10,13,17,21,27H,2,4,11-12,14-16,18-20H2. The molecule has 5 heterocycles. The van der Waals surface area contributed by atoms with Crippen molar-refractivity contribution in [1.29, 1.82) is 0 Å². The molecule has 0 bridgehead atoms. The molecule has 2 amide bonds. The highest BCUT2D eigenvalue weighted by Crippen LogP contribution is 2.35. The summed E-state index contributed by atoms with van der Waals surface area (Å²) in [5.74, 6) is 1.02. The summed E-state index contributed by atoms with van der Waals surface area (Å²) in [5, 5.41) is 1.11. The Kier molecular flexibility index (Phi) is 6.16. The highest BCUT2D eigenvalue weighted by atomic mass is 16.5. The van der Waals surface area contributed by atoms with Gasteiger partial charge in [0, 0.05) is 56.4 Å². The van der Waals surface area contributed by atoms with Gasteiger partial charge in [-0.25, -0.2) is 4.99 Å². The van der Waals surface area contributed by atoms with Crippen molar-refractivity contribution in [3.8, 4) is 11.1 Å². The summed E-state index contributed by atoms with van der Waals surface area (Å²) >= 11 is 0. The molecule has 200 valence electrons. The highest BCUT2D eigenvalue weighted by Gasteiger charge is 2.51. The molecule has 4 aliphatic heterocycles. The van der Waals surface area contributed by atoms with Crippen molar-refractivity contribution in [1.82, 2.24) is 14.8 Å². The van der Waals surface area contributed by atoms with Gasteiger partial charge in [0.25, 0.3) is 11.8 Å². The van der Waals surface area contributed by atoms with Crippen LogP contribution in [0, 0.1) is 5.92 Å². The molecule has 1 spiro atoms. The van der Waals surface area contributed by atoms with E-state index in [0.717, 1.165) is 46.9 Å². The summed E-state index contributed by atoms with van der Waals surface area (Å²) < 4.78 is 11.3. The fraction of sp³-hybridized carbons (Fsp3) is 0.419. The number of amidine groups is 1. The van der Waals surface area contributed by atoms with Gasteiger partial charge in [-0.15, -0.1) is 0 Å². The molecule has 0 radical (unpaired) electrons. The van der Waals surface area contributed by atoms with Crippen LogP contribution < -0.4 is 0 Å². The number of nitrogens with zero attached hydrogens (tertiary/aromatic N) is 4. The first-order valence-corrected chi connectivity index (χ1v) is 14.0. The first kappa shape index (κ1) is 24.4. The van der Waals surface area contributed by atoms with Crippen LogP contribution in [0.1, 0.15) is 31.2 Å². The smallest absolute Gasteiger partial charge is 0.258 e. The zero-order valence-electron chi connectivity index (χ0n) is 21.9. The molecule has 3 saturated heterocycles. The van der Waals surface area contributed by atoms with Crippen LogP contribution in [0.25, 0.3) is 22.0 Å². The molecule has 0 N–H and O–H groups in total. The van der Waals surface area contributed by atoms with Gasteiger partial charge < -0.3 is 14.4 Å². The Hall–Kier alpha value is -3.62. The normalized spacial score (nSPS) is 26.8. The number of rotatable bonds is 5. The number of amides is 2. The molecule has 2 aromatic carbocycles. The lowest BCUT2D eigenvalue weighted by Gasteiger charge is -2.25. The van der Waals surface area contributed by atoms with Crippen LogP contribution in [0.3, 0.4) is 0 Å². The Labute approximate surface area is 227 Å². The van der Waals surface area contributed by atoms with Gasteiger partial charge in [0.05, 0.1) is 12.1 Å². The van der Waals surface area contributed by atoms with E-state index in [0.29, 0.717) is 51.7 Å². The molecule has 3 fully saturated rings. The maximum absolute atomic E-state index is 13.8. The van der Waals surface area contributed by atoms with Gasteiger partial charge in [0.15, 0.2) is 5.54 Å². The molecule has 8 nitrogen and oxygen atoms in total. The topological polar surface area (TPSA) is 84.3 Å². The van der Waals surface area contributed by atoms with E-state index in [1.54, 1.807) is 0 Å². The van der Waals surface area contributed by atoms with Gasteiger partial charge in [-0.1, -0.05) is 42.5 Å². The number of benzene rings is 2. The molecule has 3 aromatic rings. The van der Waals surface area contributed by atoms with E-state index in [9.17, 15) is 9.59 Å². The second kappa shape index (κ2) is 9.84. The van der Waals surface area contributed by atoms with E-state index in [4.69, 9.17) is 14.5 Å². The van der Waals surface area contributed by atoms with Crippen LogP contribution in [-0.2, 0) is 19.1 Å². The first-order chi connectivity index (χ1) is 19.1. The average Bonchev–Trinajstić information content (AvgIpc) is 3.80. The summed E-state index contributed by atoms with van der Waals surface area (Å²) in [7, 11) is 0. The number of pyridine rings is 1. The van der Waals surface area contributed by atoms with E-state index in [1.807, 2.05) is 34.2 Å². The van der Waals surface area contributed by atoms with Gasteiger partial charge in [-0.2, -0.15) is 0 Å². The molecule has 0 saturated carbocycles. The van der Waals surface area contributed by atoms with Crippen LogP contribution in [0.4, 0.5) is 0 Å². The third kappa shape index (κ3) is 4.41. The molecule has 7 rings (SSSR count). The quantitative estimate of drug-likeness (QED) is 0.509. The number of carbonyl (C=O) groups excluding carboxylic acids is 2. The van der Waals surface area contributed by atoms with E-state index < -0.39 is 5.54 Å². The number of aromatic nitrogens is 1. The summed E-state index contributed by atoms with van der Waals surface area (Å²) in [6.07, 6.45) is 4.72. The molecule has 39 heavy (non-hydrogen) atoms. The van der Waals surface area contributed by atoms with Crippen LogP contribution in [0.15, 0.2) is 65.8 Å². The van der Waals surface area contributed by atoms with Crippen molar-refractivity contribution in [3.05, 3.63) is 66.4 Å². The van der Waals surface area contributed by atoms with Crippen molar-refractivity contribution in [2.75, 3.05) is 39.5 Å². The van der Waals surface area contributed by atoms with Crippen LogP contribution in [0.2, 0.25) is 0 Å². The summed E-state index contributed by atoms with van der Waals surface area (Å²) in [4.78, 5) is 39.9. The SMILES string of the molecule is O=C(C1CCCO1)N1CCC(CN2C(=O)C3(CCOC3)N=C2c2ccc(-c3ccc4cccnc4c3)cc2)C1. The summed E-state index contributed by atoms with van der Waals surface area (Å²) in [6, 6.07) is 18.6. The van der Waals surface area contributed by atoms with Gasteiger partial charge in [-0.3, -0.25) is 19.5 Å². The third-order valence-electron chi connectivity index (χ3n) is 8.55. The van der Waals surface area contributed by atoms with Crippen molar-refractivity contribution < 1.29 is 19.1 Å². The third-order valence-corrected chi connectivity index (χ3v) is 8.55. The van der Waals surface area contributed by atoms with Crippen molar-refractivity contribution in [3.63, 3.8) is 0 Å². The Morgan fingerprint density at radius 3 is 2.67 bits per heavy atom. The Bertz CT molecular complexity index is 1440. The second-order valence-electron chi connectivity index (χ2n) is 11.1. The molecule has 0 aliphatic carbocycles. The minimum Gasteiger partial charge on any atom is -0.378 e. The van der Waals surface area contributed by atoms with E-state index >= 15 is 0 Å². The van der Waals surface area contributed by atoms with Gasteiger partial charge >= 0.3 is 0 Å². The zero-order valence-corrected chi connectivity index (χ0v) is 21.9. The first-order valence-electron chi connectivity index (χ1n) is 14.0. The van der Waals surface area contributed by atoms with E-state index in [1.165, 1.54) is 0 Å². The number of fused-ring (bicyclic) bond motifs is 1. The molecule has 8 heteroatoms. The minimum absolute atomic E-state index is 0.0172. The second-order valence-corrected chi connectivity index (χ2v) is 11.1. The number of aliphatic imine (C=N–C) groups is 1. The number of likely N-dealkylation sites (tertiary alicyclic amines) is 1. The lowest BCUT2D eigenvalue weighted by molar-refractivity contribution is -0.139. The maximum Gasteiger partial charge on any atom is 0.258 e. The molecular weight excluding hydrogens is 492 g/mol. The molecule has 4 aliphatic rings. The fourth-order valence-corrected chi connectivity index (χ4v) is 6.33. The average molecular weight is 525 g/mol.